The van der Waals surface area contributed by atoms with Crippen molar-refractivity contribution < 1.29 is 9.59 Å². The Bertz CT molecular complexity index is 517. The monoisotopic (exact) mass is 378 g/mol. The average molecular weight is 379 g/mol. The molecule has 154 valence electrons. The quantitative estimate of drug-likeness (QED) is 0.763. The van der Waals surface area contributed by atoms with Gasteiger partial charge in [0.1, 0.15) is 0 Å². The van der Waals surface area contributed by atoms with Gasteiger partial charge in [0.15, 0.2) is 0 Å². The average Bonchev–Trinajstić information content (AvgIpc) is 3.05. The van der Waals surface area contributed by atoms with Gasteiger partial charge < -0.3 is 15.5 Å². The number of piperidine rings is 2. The summed E-state index contributed by atoms with van der Waals surface area (Å²) in [4.78, 5) is 29.2. The van der Waals surface area contributed by atoms with Gasteiger partial charge in [0.05, 0.1) is 6.54 Å². The first-order valence-electron chi connectivity index (χ1n) is 10.8. The first-order chi connectivity index (χ1) is 12.8. The van der Waals surface area contributed by atoms with Gasteiger partial charge in [-0.3, -0.25) is 14.5 Å². The van der Waals surface area contributed by atoms with Gasteiger partial charge in [-0.25, -0.2) is 0 Å². The Hall–Kier alpha value is -1.14. The van der Waals surface area contributed by atoms with Gasteiger partial charge >= 0.3 is 0 Å². The van der Waals surface area contributed by atoms with Crippen molar-refractivity contribution in [3.05, 3.63) is 0 Å². The predicted octanol–water partition coefficient (Wildman–Crippen LogP) is 1.60. The maximum atomic E-state index is 13.2. The molecule has 3 aliphatic rings. The van der Waals surface area contributed by atoms with Crippen molar-refractivity contribution in [3.63, 3.8) is 0 Å². The molecule has 3 heterocycles. The van der Waals surface area contributed by atoms with Gasteiger partial charge in [-0.05, 0) is 69.6 Å². The van der Waals surface area contributed by atoms with Crippen LogP contribution < -0.4 is 10.6 Å². The van der Waals surface area contributed by atoms with Gasteiger partial charge in [-0.1, -0.05) is 20.8 Å². The Labute approximate surface area is 164 Å². The van der Waals surface area contributed by atoms with E-state index in [-0.39, 0.29) is 17.9 Å². The van der Waals surface area contributed by atoms with Crippen molar-refractivity contribution >= 4 is 11.8 Å². The van der Waals surface area contributed by atoms with E-state index >= 15 is 0 Å². The van der Waals surface area contributed by atoms with E-state index in [2.05, 4.69) is 41.2 Å². The number of carbonyl (C=O) groups excluding carboxylic acids is 2. The molecule has 0 aromatic rings. The molecule has 1 atom stereocenters. The third-order valence-electron chi connectivity index (χ3n) is 6.74. The van der Waals surface area contributed by atoms with Gasteiger partial charge in [0, 0.05) is 25.0 Å². The lowest BCUT2D eigenvalue weighted by atomic mass is 9.75. The molecule has 3 aliphatic heterocycles. The van der Waals surface area contributed by atoms with Crippen molar-refractivity contribution in [1.82, 2.24) is 20.4 Å². The number of likely N-dealkylation sites (tertiary alicyclic amines) is 1. The largest absolute Gasteiger partial charge is 0.352 e. The van der Waals surface area contributed by atoms with Crippen LogP contribution in [0.1, 0.15) is 59.3 Å². The lowest BCUT2D eigenvalue weighted by Gasteiger charge is -2.40. The second-order valence-corrected chi connectivity index (χ2v) is 9.75. The van der Waals surface area contributed by atoms with Gasteiger partial charge in [0.25, 0.3) is 0 Å². The summed E-state index contributed by atoms with van der Waals surface area (Å²) in [6.45, 7) is 12.2. The fraction of sp³-hybridized carbons (Fsp3) is 0.905. The Balaban J connectivity index is 1.56. The summed E-state index contributed by atoms with van der Waals surface area (Å²) in [5.41, 5.74) is 0.359. The molecule has 0 spiro atoms. The number of amides is 2. The molecular formula is C21H38N4O2. The summed E-state index contributed by atoms with van der Waals surface area (Å²) >= 11 is 0. The lowest BCUT2D eigenvalue weighted by Crippen LogP contribution is -2.53. The van der Waals surface area contributed by atoms with Crippen molar-refractivity contribution in [2.75, 3.05) is 39.3 Å². The topological polar surface area (TPSA) is 64.7 Å². The number of hydrogen-bond donors (Lipinski definition) is 2. The van der Waals surface area contributed by atoms with Crippen molar-refractivity contribution in [3.8, 4) is 0 Å². The minimum atomic E-state index is 0.127. The molecular weight excluding hydrogens is 340 g/mol. The Morgan fingerprint density at radius 1 is 1.11 bits per heavy atom. The van der Waals surface area contributed by atoms with Crippen molar-refractivity contribution in [1.29, 1.82) is 0 Å². The van der Waals surface area contributed by atoms with Crippen molar-refractivity contribution in [2.45, 2.75) is 71.4 Å². The highest BCUT2D eigenvalue weighted by Crippen LogP contribution is 2.34. The van der Waals surface area contributed by atoms with E-state index in [4.69, 9.17) is 0 Å². The van der Waals surface area contributed by atoms with Crippen LogP contribution >= 0.6 is 0 Å². The van der Waals surface area contributed by atoms with Crippen LogP contribution in [0.2, 0.25) is 0 Å². The van der Waals surface area contributed by atoms with E-state index in [0.29, 0.717) is 31.0 Å². The maximum absolute atomic E-state index is 13.2. The summed E-state index contributed by atoms with van der Waals surface area (Å²) in [6.07, 6.45) is 5.84. The SMILES string of the molecule is CC(C)(C)C1CCN(CC(=O)N(CC2CCC(=O)N2)C2CCNCC2)CC1. The van der Waals surface area contributed by atoms with E-state index in [1.165, 1.54) is 12.8 Å². The standard InChI is InChI=1S/C21H38N4O2/c1-21(2,3)16-8-12-24(13-9-16)15-20(27)25(18-6-10-22-11-7-18)14-17-4-5-19(26)23-17/h16-18,22H,4-15H2,1-3H3,(H,23,26). The first kappa shape index (κ1) is 20.6. The molecule has 0 radical (unpaired) electrons. The maximum Gasteiger partial charge on any atom is 0.237 e. The fourth-order valence-electron chi connectivity index (χ4n) is 4.86. The highest BCUT2D eigenvalue weighted by Gasteiger charge is 2.33. The number of carbonyl (C=O) groups is 2. The van der Waals surface area contributed by atoms with Crippen LogP contribution in [0.25, 0.3) is 0 Å². The van der Waals surface area contributed by atoms with E-state index in [9.17, 15) is 9.59 Å². The zero-order chi connectivity index (χ0) is 19.4. The summed E-state index contributed by atoms with van der Waals surface area (Å²) in [6, 6.07) is 0.436. The molecule has 2 N–H and O–H groups in total. The van der Waals surface area contributed by atoms with E-state index < -0.39 is 0 Å². The van der Waals surface area contributed by atoms with E-state index in [0.717, 1.165) is 51.4 Å². The molecule has 3 rings (SSSR count). The minimum absolute atomic E-state index is 0.127. The summed E-state index contributed by atoms with van der Waals surface area (Å²) in [5, 5.41) is 6.43. The number of nitrogens with zero attached hydrogens (tertiary/aromatic N) is 2. The normalized spacial score (nSPS) is 26.2. The molecule has 27 heavy (non-hydrogen) atoms. The molecule has 1 unspecified atom stereocenters. The molecule has 0 aromatic heterocycles. The predicted molar refractivity (Wildman–Crippen MR) is 107 cm³/mol. The summed E-state index contributed by atoms with van der Waals surface area (Å²) in [5.74, 6) is 1.12. The highest BCUT2D eigenvalue weighted by molar-refractivity contribution is 5.80. The molecule has 0 bridgehead atoms. The van der Waals surface area contributed by atoms with Crippen LogP contribution in [0.3, 0.4) is 0 Å². The Kier molecular flexibility index (Phi) is 6.79. The second-order valence-electron chi connectivity index (χ2n) is 9.75. The number of rotatable bonds is 5. The smallest absolute Gasteiger partial charge is 0.237 e. The summed E-state index contributed by atoms with van der Waals surface area (Å²) < 4.78 is 0. The number of hydrogen-bond acceptors (Lipinski definition) is 4. The Morgan fingerprint density at radius 3 is 2.33 bits per heavy atom. The first-order valence-corrected chi connectivity index (χ1v) is 10.8. The fourth-order valence-corrected chi connectivity index (χ4v) is 4.86. The van der Waals surface area contributed by atoms with Crippen molar-refractivity contribution in [2.24, 2.45) is 11.3 Å². The van der Waals surface area contributed by atoms with Crippen LogP contribution in [0.15, 0.2) is 0 Å². The molecule has 2 amide bonds. The zero-order valence-electron chi connectivity index (χ0n) is 17.4. The molecule has 3 fully saturated rings. The van der Waals surface area contributed by atoms with Crippen LogP contribution in [0.4, 0.5) is 0 Å². The van der Waals surface area contributed by atoms with Gasteiger partial charge in [-0.15, -0.1) is 0 Å². The number of nitrogens with one attached hydrogen (secondary N) is 2. The molecule has 0 aromatic carbocycles. The van der Waals surface area contributed by atoms with Crippen LogP contribution in [0, 0.1) is 11.3 Å². The molecule has 6 nitrogen and oxygen atoms in total. The zero-order valence-corrected chi connectivity index (χ0v) is 17.4. The van der Waals surface area contributed by atoms with Crippen LogP contribution in [-0.2, 0) is 9.59 Å². The third-order valence-corrected chi connectivity index (χ3v) is 6.74. The molecule has 3 saturated heterocycles. The summed E-state index contributed by atoms with van der Waals surface area (Å²) in [7, 11) is 0. The molecule has 0 saturated carbocycles. The third kappa shape index (κ3) is 5.67. The molecule has 0 aliphatic carbocycles. The van der Waals surface area contributed by atoms with Crippen LogP contribution in [-0.4, -0.2) is 73.0 Å². The van der Waals surface area contributed by atoms with E-state index in [1.807, 2.05) is 0 Å². The minimum Gasteiger partial charge on any atom is -0.352 e. The lowest BCUT2D eigenvalue weighted by molar-refractivity contribution is -0.136. The second kappa shape index (κ2) is 8.91. The van der Waals surface area contributed by atoms with Gasteiger partial charge in [-0.2, -0.15) is 0 Å². The Morgan fingerprint density at radius 2 is 1.78 bits per heavy atom. The van der Waals surface area contributed by atoms with Gasteiger partial charge in [0.2, 0.25) is 11.8 Å². The van der Waals surface area contributed by atoms with Crippen LogP contribution in [0.5, 0.6) is 0 Å². The molecule has 6 heteroatoms. The van der Waals surface area contributed by atoms with E-state index in [1.54, 1.807) is 0 Å². The highest BCUT2D eigenvalue weighted by atomic mass is 16.2.